The smallest absolute Gasteiger partial charge is 0.225 e. The van der Waals surface area contributed by atoms with E-state index in [1.54, 1.807) is 13.1 Å². The summed E-state index contributed by atoms with van der Waals surface area (Å²) < 4.78 is 37.5. The summed E-state index contributed by atoms with van der Waals surface area (Å²) in [4.78, 5) is 11.5. The summed E-state index contributed by atoms with van der Waals surface area (Å²) in [5.41, 5.74) is 9.97. The first-order valence-corrected chi connectivity index (χ1v) is 17.9. The number of hydrogen-bond acceptors (Lipinski definition) is 8. The van der Waals surface area contributed by atoms with E-state index in [4.69, 9.17) is 10.5 Å². The van der Waals surface area contributed by atoms with Crippen LogP contribution >= 0.6 is 11.3 Å². The van der Waals surface area contributed by atoms with Gasteiger partial charge < -0.3 is 20.7 Å². The normalized spacial score (nSPS) is 16.1. The number of benzene rings is 1. The van der Waals surface area contributed by atoms with Crippen LogP contribution in [0.1, 0.15) is 120 Å². The lowest BCUT2D eigenvalue weighted by molar-refractivity contribution is 0.134. The SMILES string of the molecule is C/C=C(/F)c1sc(N)c(C#N)c1/C(=C(\C)CC)c1c2c(c3cnc(N4CCCC4)nc3c1F)COC2.CC.CC1CNC1.CCCC. The summed E-state index contributed by atoms with van der Waals surface area (Å²) in [7, 11) is 0. The van der Waals surface area contributed by atoms with Crippen LogP contribution < -0.4 is 16.0 Å². The summed E-state index contributed by atoms with van der Waals surface area (Å²) in [5.74, 6) is 0.437. The second-order valence-corrected chi connectivity index (χ2v) is 12.9. The molecule has 2 saturated heterocycles. The number of nitrogens with one attached hydrogen (secondary N) is 1. The quantitative estimate of drug-likeness (QED) is 0.270. The van der Waals surface area contributed by atoms with Crippen LogP contribution in [0.5, 0.6) is 0 Å². The van der Waals surface area contributed by atoms with Crippen molar-refractivity contribution in [3.8, 4) is 6.07 Å². The van der Waals surface area contributed by atoms with E-state index in [9.17, 15) is 5.26 Å². The maximum Gasteiger partial charge on any atom is 0.225 e. The van der Waals surface area contributed by atoms with E-state index >= 15 is 8.78 Å². The summed E-state index contributed by atoms with van der Waals surface area (Å²) >= 11 is 1.00. The second-order valence-electron chi connectivity index (χ2n) is 11.8. The number of halogens is 2. The first-order valence-electron chi connectivity index (χ1n) is 17.1. The number of fused-ring (bicyclic) bond motifs is 3. The van der Waals surface area contributed by atoms with Crippen molar-refractivity contribution in [3.05, 3.63) is 56.4 Å². The molecule has 0 bridgehead atoms. The van der Waals surface area contributed by atoms with Gasteiger partial charge in [-0.2, -0.15) is 5.26 Å². The van der Waals surface area contributed by atoms with Gasteiger partial charge in [-0.15, -0.1) is 11.3 Å². The Morgan fingerprint density at radius 3 is 2.28 bits per heavy atom. The summed E-state index contributed by atoms with van der Waals surface area (Å²) in [6, 6.07) is 2.13. The number of allylic oxidation sites excluding steroid dienone is 2. The molecular formula is C37H52F2N6OS. The van der Waals surface area contributed by atoms with Crippen molar-refractivity contribution in [1.82, 2.24) is 15.3 Å². The Hall–Kier alpha value is -3.39. The number of nitriles is 1. The Kier molecular flexibility index (Phi) is 14.8. The van der Waals surface area contributed by atoms with Crippen molar-refractivity contribution in [2.45, 2.75) is 101 Å². The molecule has 3 aromatic rings. The van der Waals surface area contributed by atoms with Crippen molar-refractivity contribution >= 4 is 44.6 Å². The van der Waals surface area contributed by atoms with Crippen molar-refractivity contribution in [2.75, 3.05) is 36.8 Å². The van der Waals surface area contributed by atoms with Gasteiger partial charge in [0.1, 0.15) is 22.4 Å². The largest absolute Gasteiger partial charge is 0.389 e. The minimum atomic E-state index is -0.514. The monoisotopic (exact) mass is 666 g/mol. The molecule has 3 aliphatic rings. The molecule has 256 valence electrons. The van der Waals surface area contributed by atoms with Crippen LogP contribution in [-0.2, 0) is 18.0 Å². The Morgan fingerprint density at radius 1 is 1.15 bits per heavy atom. The fourth-order valence-electron chi connectivity index (χ4n) is 5.49. The van der Waals surface area contributed by atoms with Gasteiger partial charge in [0, 0.05) is 35.8 Å². The zero-order valence-corrected chi connectivity index (χ0v) is 30.3. The molecule has 0 amide bonds. The molecule has 2 fully saturated rings. The Labute approximate surface area is 283 Å². The minimum Gasteiger partial charge on any atom is -0.389 e. The van der Waals surface area contributed by atoms with Crippen LogP contribution in [0, 0.1) is 23.1 Å². The molecule has 10 heteroatoms. The standard InChI is InChI=1S/C27H27F2N5OS.C4H9N.C4H10.C2H6/c1-4-14(3)20(22-15(10-30)26(31)36-25(22)19(28)5-2)21-18-13-35-12-17(18)16-11-32-27(33-24(16)23(21)29)34-8-6-7-9-34;1-4-2-5-3-4;1-3-4-2;1-2/h5,11H,4,6-9,12-13,31H2,1-3H3;4-5H,2-3H2,1H3;3-4H2,1-2H3;1-2H3/b19-5+,20-14+;;;. The zero-order valence-electron chi connectivity index (χ0n) is 29.4. The van der Waals surface area contributed by atoms with Gasteiger partial charge in [-0.05, 0) is 68.8 Å². The maximum atomic E-state index is 16.7. The molecule has 1 aromatic carbocycles. The molecule has 0 atom stereocenters. The second kappa shape index (κ2) is 18.2. The number of nitrogen functional groups attached to an aromatic ring is 1. The van der Waals surface area contributed by atoms with Crippen molar-refractivity contribution in [2.24, 2.45) is 5.92 Å². The Balaban J connectivity index is 0.000000471. The van der Waals surface area contributed by atoms with E-state index in [2.05, 4.69) is 47.0 Å². The first kappa shape index (κ1) is 38.1. The van der Waals surface area contributed by atoms with Crippen molar-refractivity contribution < 1.29 is 13.5 Å². The molecule has 0 unspecified atom stereocenters. The Morgan fingerprint density at radius 2 is 1.77 bits per heavy atom. The van der Waals surface area contributed by atoms with Gasteiger partial charge >= 0.3 is 0 Å². The van der Waals surface area contributed by atoms with Crippen LogP contribution in [-0.4, -0.2) is 36.1 Å². The molecule has 3 N–H and O–H groups in total. The third kappa shape index (κ3) is 8.37. The summed E-state index contributed by atoms with van der Waals surface area (Å²) in [5, 5.41) is 14.0. The van der Waals surface area contributed by atoms with Crippen LogP contribution in [0.4, 0.5) is 19.7 Å². The predicted octanol–water partition coefficient (Wildman–Crippen LogP) is 9.54. The van der Waals surface area contributed by atoms with Gasteiger partial charge in [0.2, 0.25) is 5.95 Å². The van der Waals surface area contributed by atoms with Gasteiger partial charge in [-0.3, -0.25) is 0 Å². The molecule has 0 spiro atoms. The highest BCUT2D eigenvalue weighted by Gasteiger charge is 2.32. The molecule has 5 heterocycles. The lowest BCUT2D eigenvalue weighted by atomic mass is 9.85. The van der Waals surface area contributed by atoms with E-state index < -0.39 is 11.6 Å². The fourth-order valence-corrected chi connectivity index (χ4v) is 6.48. The number of unbranched alkanes of at least 4 members (excludes halogenated alkanes) is 1. The van der Waals surface area contributed by atoms with Crippen molar-refractivity contribution in [1.29, 1.82) is 5.26 Å². The molecule has 0 radical (unpaired) electrons. The molecule has 7 nitrogen and oxygen atoms in total. The molecule has 0 aliphatic carbocycles. The van der Waals surface area contributed by atoms with Gasteiger partial charge in [0.25, 0.3) is 0 Å². The van der Waals surface area contributed by atoms with Gasteiger partial charge in [-0.25, -0.2) is 18.7 Å². The van der Waals surface area contributed by atoms with Gasteiger partial charge in [0.05, 0.1) is 23.7 Å². The van der Waals surface area contributed by atoms with E-state index in [0.29, 0.717) is 46.6 Å². The van der Waals surface area contributed by atoms with Gasteiger partial charge in [-0.1, -0.05) is 66.0 Å². The van der Waals surface area contributed by atoms with Crippen LogP contribution in [0.25, 0.3) is 22.3 Å². The van der Waals surface area contributed by atoms with Crippen LogP contribution in [0.2, 0.25) is 0 Å². The lowest BCUT2D eigenvalue weighted by Gasteiger charge is -2.21. The minimum absolute atomic E-state index is 0.155. The average molecular weight is 667 g/mol. The zero-order chi connectivity index (χ0) is 34.7. The predicted molar refractivity (Wildman–Crippen MR) is 194 cm³/mol. The Bertz CT molecular complexity index is 1610. The van der Waals surface area contributed by atoms with Crippen molar-refractivity contribution in [3.63, 3.8) is 0 Å². The first-order chi connectivity index (χ1) is 22.7. The fraction of sp³-hybridized carbons (Fsp3) is 0.541. The topological polar surface area (TPSA) is 100 Å². The number of aromatic nitrogens is 2. The van der Waals surface area contributed by atoms with Crippen LogP contribution in [0.15, 0.2) is 17.8 Å². The number of thiophene rings is 1. The molecule has 6 rings (SSSR count). The highest BCUT2D eigenvalue weighted by Crippen LogP contribution is 2.47. The third-order valence-electron chi connectivity index (χ3n) is 8.54. The summed E-state index contributed by atoms with van der Waals surface area (Å²) in [6.45, 7) is 20.7. The number of nitrogens with two attached hydrogens (primary N) is 1. The maximum absolute atomic E-state index is 16.7. The molecule has 2 aromatic heterocycles. The van der Waals surface area contributed by atoms with E-state index in [0.717, 1.165) is 54.3 Å². The number of ether oxygens (including phenoxy) is 1. The summed E-state index contributed by atoms with van der Waals surface area (Å²) in [6.07, 6.45) is 8.31. The molecular weight excluding hydrogens is 615 g/mol. The van der Waals surface area contributed by atoms with Crippen LogP contribution in [0.3, 0.4) is 0 Å². The number of anilines is 2. The lowest BCUT2D eigenvalue weighted by Crippen LogP contribution is -2.39. The average Bonchev–Trinajstić information content (AvgIpc) is 3.87. The highest BCUT2D eigenvalue weighted by atomic mass is 32.1. The molecule has 3 aliphatic heterocycles. The number of hydrogen-bond donors (Lipinski definition) is 2. The molecule has 47 heavy (non-hydrogen) atoms. The number of nitrogens with zero attached hydrogens (tertiary/aromatic N) is 4. The van der Waals surface area contributed by atoms with E-state index in [1.807, 2.05) is 27.7 Å². The highest BCUT2D eigenvalue weighted by molar-refractivity contribution is 7.17. The third-order valence-corrected chi connectivity index (χ3v) is 9.56. The van der Waals surface area contributed by atoms with E-state index in [-0.39, 0.29) is 27.6 Å². The van der Waals surface area contributed by atoms with E-state index in [1.165, 1.54) is 32.0 Å². The molecule has 0 saturated carbocycles. The van der Waals surface area contributed by atoms with Gasteiger partial charge in [0.15, 0.2) is 5.82 Å². The number of rotatable bonds is 6.